The molecule has 0 N–H and O–H groups in total. The second-order valence-corrected chi connectivity index (χ2v) is 3.07. The molecule has 0 spiro atoms. The van der Waals surface area contributed by atoms with Crippen LogP contribution in [-0.2, 0) is 4.74 Å². The fourth-order valence-corrected chi connectivity index (χ4v) is 1.06. The number of hydrogen-bond donors (Lipinski definition) is 0. The minimum Gasteiger partial charge on any atom is -0.465 e. The zero-order valence-corrected chi connectivity index (χ0v) is 8.13. The Balaban J connectivity index is 2.87. The van der Waals surface area contributed by atoms with Crippen molar-refractivity contribution in [3.63, 3.8) is 0 Å². The summed E-state index contributed by atoms with van der Waals surface area (Å²) in [5.74, 6) is 0.941. The van der Waals surface area contributed by atoms with E-state index in [1.807, 2.05) is 26.0 Å². The molecule has 0 atom stereocenters. The predicted molar refractivity (Wildman–Crippen MR) is 51.5 cm³/mol. The molecule has 2 nitrogen and oxygen atoms in total. The highest BCUT2D eigenvalue weighted by Crippen LogP contribution is 2.13. The number of esters is 1. The minimum absolute atomic E-state index is 0.291. The lowest BCUT2D eigenvalue weighted by molar-refractivity contribution is 0.0600. The van der Waals surface area contributed by atoms with Gasteiger partial charge in [0, 0.05) is 0 Å². The Morgan fingerprint density at radius 2 is 1.54 bits per heavy atom. The standard InChI is InChI=1S/C11H13O2/c1-8(2)9-4-6-10(7-5-9)11(12)13-3/h4-7H,1-3H3. The van der Waals surface area contributed by atoms with Crippen molar-refractivity contribution < 1.29 is 9.53 Å². The Kier molecular flexibility index (Phi) is 3.07. The average molecular weight is 177 g/mol. The Labute approximate surface area is 78.5 Å². The van der Waals surface area contributed by atoms with Gasteiger partial charge in [0.15, 0.2) is 0 Å². The van der Waals surface area contributed by atoms with E-state index in [9.17, 15) is 4.79 Å². The van der Waals surface area contributed by atoms with Crippen LogP contribution < -0.4 is 0 Å². The highest BCUT2D eigenvalue weighted by atomic mass is 16.5. The van der Waals surface area contributed by atoms with Crippen molar-refractivity contribution in [3.8, 4) is 0 Å². The monoisotopic (exact) mass is 177 g/mol. The summed E-state index contributed by atoms with van der Waals surface area (Å²) >= 11 is 0. The lowest BCUT2D eigenvalue weighted by Crippen LogP contribution is -2.01. The van der Waals surface area contributed by atoms with Crippen molar-refractivity contribution in [2.75, 3.05) is 7.11 Å². The van der Waals surface area contributed by atoms with Gasteiger partial charge in [-0.05, 0) is 23.6 Å². The molecular weight excluding hydrogens is 164 g/mol. The Hall–Kier alpha value is -1.31. The molecule has 0 heterocycles. The molecule has 0 amide bonds. The smallest absolute Gasteiger partial charge is 0.337 e. The summed E-state index contributed by atoms with van der Waals surface area (Å²) in [7, 11) is 1.38. The zero-order chi connectivity index (χ0) is 9.84. The number of methoxy groups -OCH3 is 1. The van der Waals surface area contributed by atoms with Gasteiger partial charge in [0.1, 0.15) is 0 Å². The molecule has 0 unspecified atom stereocenters. The van der Waals surface area contributed by atoms with Crippen LogP contribution in [0.5, 0.6) is 0 Å². The fourth-order valence-electron chi connectivity index (χ4n) is 1.06. The molecule has 0 aliphatic rings. The van der Waals surface area contributed by atoms with E-state index in [0.29, 0.717) is 5.56 Å². The van der Waals surface area contributed by atoms with E-state index in [0.717, 1.165) is 5.56 Å². The summed E-state index contributed by atoms with van der Waals surface area (Å²) in [4.78, 5) is 11.1. The predicted octanol–water partition coefficient (Wildman–Crippen LogP) is 2.44. The number of ether oxygens (including phenoxy) is 1. The lowest BCUT2D eigenvalue weighted by atomic mass is 10.0. The van der Waals surface area contributed by atoms with E-state index in [2.05, 4.69) is 4.74 Å². The first kappa shape index (κ1) is 9.78. The van der Waals surface area contributed by atoms with Crippen LogP contribution >= 0.6 is 0 Å². The highest BCUT2D eigenvalue weighted by Gasteiger charge is 2.05. The van der Waals surface area contributed by atoms with E-state index >= 15 is 0 Å². The first-order chi connectivity index (χ1) is 6.15. The van der Waals surface area contributed by atoms with Crippen LogP contribution in [0.25, 0.3) is 0 Å². The molecule has 1 aromatic rings. The van der Waals surface area contributed by atoms with Crippen molar-refractivity contribution in [1.29, 1.82) is 0 Å². The summed E-state index contributed by atoms with van der Waals surface area (Å²) in [6.45, 7) is 4.07. The van der Waals surface area contributed by atoms with Crippen molar-refractivity contribution in [1.82, 2.24) is 0 Å². The Morgan fingerprint density at radius 1 is 1.08 bits per heavy atom. The maximum atomic E-state index is 11.1. The quantitative estimate of drug-likeness (QED) is 0.648. The van der Waals surface area contributed by atoms with Crippen molar-refractivity contribution in [2.45, 2.75) is 13.8 Å². The summed E-state index contributed by atoms with van der Waals surface area (Å²) < 4.78 is 4.59. The van der Waals surface area contributed by atoms with Crippen LogP contribution in [0, 0.1) is 5.92 Å². The van der Waals surface area contributed by atoms with Crippen LogP contribution in [0.15, 0.2) is 24.3 Å². The van der Waals surface area contributed by atoms with Gasteiger partial charge >= 0.3 is 5.97 Å². The molecule has 0 saturated carbocycles. The maximum absolute atomic E-state index is 11.1. The second-order valence-electron chi connectivity index (χ2n) is 3.07. The van der Waals surface area contributed by atoms with Crippen molar-refractivity contribution in [2.24, 2.45) is 0 Å². The number of carbonyl (C=O) groups is 1. The van der Waals surface area contributed by atoms with Gasteiger partial charge in [-0.3, -0.25) is 0 Å². The molecule has 1 rings (SSSR count). The lowest BCUT2D eigenvalue weighted by Gasteiger charge is -2.04. The molecule has 0 bridgehead atoms. The van der Waals surface area contributed by atoms with E-state index in [1.165, 1.54) is 13.0 Å². The zero-order valence-electron chi connectivity index (χ0n) is 8.13. The molecule has 0 saturated heterocycles. The second kappa shape index (κ2) is 4.08. The Morgan fingerprint density at radius 3 is 1.92 bits per heavy atom. The average Bonchev–Trinajstić information content (AvgIpc) is 2.17. The number of rotatable bonds is 2. The first-order valence-electron chi connectivity index (χ1n) is 4.14. The third-order valence-electron chi connectivity index (χ3n) is 1.88. The van der Waals surface area contributed by atoms with E-state index < -0.39 is 0 Å². The van der Waals surface area contributed by atoms with Gasteiger partial charge in [0.2, 0.25) is 0 Å². The highest BCUT2D eigenvalue weighted by molar-refractivity contribution is 5.89. The van der Waals surface area contributed by atoms with Crippen LogP contribution in [0.3, 0.4) is 0 Å². The van der Waals surface area contributed by atoms with Crippen LogP contribution in [0.1, 0.15) is 29.8 Å². The van der Waals surface area contributed by atoms with E-state index in [1.54, 1.807) is 12.1 Å². The van der Waals surface area contributed by atoms with E-state index in [4.69, 9.17) is 0 Å². The number of benzene rings is 1. The summed E-state index contributed by atoms with van der Waals surface area (Å²) in [6.07, 6.45) is 0. The van der Waals surface area contributed by atoms with Crippen molar-refractivity contribution >= 4 is 5.97 Å². The van der Waals surface area contributed by atoms with Gasteiger partial charge in [-0.25, -0.2) is 4.79 Å². The topological polar surface area (TPSA) is 26.3 Å². The van der Waals surface area contributed by atoms with Crippen molar-refractivity contribution in [3.05, 3.63) is 41.3 Å². The van der Waals surface area contributed by atoms with Gasteiger partial charge in [-0.1, -0.05) is 26.0 Å². The summed E-state index contributed by atoms with van der Waals surface area (Å²) in [5, 5.41) is 0. The summed E-state index contributed by atoms with van der Waals surface area (Å²) in [5.41, 5.74) is 1.74. The number of hydrogen-bond acceptors (Lipinski definition) is 2. The van der Waals surface area contributed by atoms with Gasteiger partial charge < -0.3 is 4.74 Å². The van der Waals surface area contributed by atoms with Gasteiger partial charge in [0.25, 0.3) is 0 Å². The molecular formula is C11H13O2. The van der Waals surface area contributed by atoms with Gasteiger partial charge in [-0.15, -0.1) is 0 Å². The molecule has 0 aliphatic carbocycles. The molecule has 69 valence electrons. The molecule has 0 aliphatic heterocycles. The molecule has 0 aromatic heterocycles. The Bertz CT molecular complexity index is 285. The summed E-state index contributed by atoms with van der Waals surface area (Å²) in [6, 6.07) is 7.38. The maximum Gasteiger partial charge on any atom is 0.337 e. The third kappa shape index (κ3) is 2.31. The molecule has 1 radical (unpaired) electrons. The molecule has 0 fully saturated rings. The molecule has 2 heteroatoms. The largest absolute Gasteiger partial charge is 0.465 e. The van der Waals surface area contributed by atoms with Crippen LogP contribution in [-0.4, -0.2) is 13.1 Å². The normalized spacial score (nSPS) is 10.2. The van der Waals surface area contributed by atoms with E-state index in [-0.39, 0.29) is 5.97 Å². The van der Waals surface area contributed by atoms with Gasteiger partial charge in [-0.2, -0.15) is 0 Å². The van der Waals surface area contributed by atoms with Gasteiger partial charge in [0.05, 0.1) is 12.7 Å². The minimum atomic E-state index is -0.291. The molecule has 1 aromatic carbocycles. The first-order valence-corrected chi connectivity index (χ1v) is 4.14. The number of carbonyl (C=O) groups excluding carboxylic acids is 1. The molecule has 13 heavy (non-hydrogen) atoms. The van der Waals surface area contributed by atoms with Crippen LogP contribution in [0.4, 0.5) is 0 Å². The SMILES string of the molecule is COC(=O)c1ccc([C](C)C)cc1. The van der Waals surface area contributed by atoms with Crippen LogP contribution in [0.2, 0.25) is 0 Å². The fraction of sp³-hybridized carbons (Fsp3) is 0.273. The third-order valence-corrected chi connectivity index (χ3v) is 1.88.